The Morgan fingerprint density at radius 3 is 2.37 bits per heavy atom. The van der Waals surface area contributed by atoms with Gasteiger partial charge in [-0.05, 0) is 52.3 Å². The van der Waals surface area contributed by atoms with Crippen LogP contribution in [0, 0.1) is 17.4 Å². The summed E-state index contributed by atoms with van der Waals surface area (Å²) < 4.78 is 5.69. The van der Waals surface area contributed by atoms with Crippen LogP contribution in [0.5, 0.6) is 5.75 Å². The average molecular weight is 404 g/mol. The molecule has 0 aliphatic heterocycles. The number of nitrogens with zero attached hydrogens (tertiary/aromatic N) is 1. The van der Waals surface area contributed by atoms with Crippen molar-refractivity contribution in [3.8, 4) is 11.8 Å². The molecule has 1 aromatic heterocycles. The first kappa shape index (κ1) is 21.4. The maximum atomic E-state index is 13.1. The Bertz CT molecular complexity index is 1120. The molecule has 0 bridgehead atoms. The van der Waals surface area contributed by atoms with Gasteiger partial charge in [0.05, 0.1) is 11.6 Å². The molecular formula is C24H24N2O4. The number of nitriles is 1. The lowest BCUT2D eigenvalue weighted by atomic mass is 9.78. The minimum Gasteiger partial charge on any atom is -0.451 e. The molecule has 0 aliphatic rings. The zero-order chi connectivity index (χ0) is 22.3. The van der Waals surface area contributed by atoms with Gasteiger partial charge in [0.1, 0.15) is 5.58 Å². The van der Waals surface area contributed by atoms with Gasteiger partial charge < -0.3 is 14.6 Å². The third kappa shape index (κ3) is 4.17. The Morgan fingerprint density at radius 2 is 1.80 bits per heavy atom. The van der Waals surface area contributed by atoms with Crippen LogP contribution in [-0.2, 0) is 16.1 Å². The number of fused-ring (bicyclic) bond motifs is 1. The molecule has 0 fully saturated rings. The third-order valence-electron chi connectivity index (χ3n) is 4.80. The van der Waals surface area contributed by atoms with E-state index in [1.165, 1.54) is 0 Å². The fourth-order valence-corrected chi connectivity index (χ4v) is 3.29. The molecule has 2 aromatic carbocycles. The van der Waals surface area contributed by atoms with Gasteiger partial charge in [-0.3, -0.25) is 4.79 Å². The number of carbonyl (C=O) groups is 1. The van der Waals surface area contributed by atoms with E-state index in [0.29, 0.717) is 27.8 Å². The Kier molecular flexibility index (Phi) is 5.36. The summed E-state index contributed by atoms with van der Waals surface area (Å²) in [6.45, 7) is 11.9. The number of carbonyl (C=O) groups excluding carboxylic acids is 1. The number of rotatable bonds is 3. The summed E-state index contributed by atoms with van der Waals surface area (Å²) in [4.78, 5) is 17.3. The second-order valence-electron chi connectivity index (χ2n) is 9.31. The molecule has 6 heteroatoms. The van der Waals surface area contributed by atoms with E-state index in [1.807, 2.05) is 41.5 Å². The summed E-state index contributed by atoms with van der Waals surface area (Å²) >= 11 is 0. The Balaban J connectivity index is 2.11. The van der Waals surface area contributed by atoms with Gasteiger partial charge in [-0.1, -0.05) is 41.5 Å². The first-order chi connectivity index (χ1) is 13.9. The standard InChI is InChI=1S/C24H24N2O4/c1-23(2,3)17-11-16(30-28)12-18(24(4,5)6)21(17)26-22(27)20-10-15-9-14(13-25)7-8-19(15)29-20/h7-11H,1-6H3,(H,26,27). The van der Waals surface area contributed by atoms with E-state index in [1.54, 1.807) is 30.3 Å². The first-order valence-corrected chi connectivity index (χ1v) is 9.60. The molecule has 0 unspecified atom stereocenters. The number of anilines is 1. The van der Waals surface area contributed by atoms with Gasteiger partial charge in [0.15, 0.2) is 11.5 Å². The van der Waals surface area contributed by atoms with Gasteiger partial charge in [0.25, 0.3) is 5.91 Å². The van der Waals surface area contributed by atoms with Crippen molar-refractivity contribution in [3.05, 3.63) is 58.8 Å². The van der Waals surface area contributed by atoms with Crippen molar-refractivity contribution < 1.29 is 19.4 Å². The maximum absolute atomic E-state index is 13.1. The number of hydrogen-bond donors (Lipinski definition) is 1. The summed E-state index contributed by atoms with van der Waals surface area (Å²) in [5.41, 5.74) is 2.23. The smallest absolute Gasteiger partial charge is 0.291 e. The van der Waals surface area contributed by atoms with Crippen molar-refractivity contribution >= 4 is 22.6 Å². The Morgan fingerprint density at radius 1 is 1.10 bits per heavy atom. The van der Waals surface area contributed by atoms with Gasteiger partial charge in [-0.25, -0.2) is 0 Å². The molecule has 6 nitrogen and oxygen atoms in total. The highest BCUT2D eigenvalue weighted by atomic mass is 17.1. The first-order valence-electron chi connectivity index (χ1n) is 9.60. The minimum absolute atomic E-state index is 0.0793. The minimum atomic E-state index is -0.426. The summed E-state index contributed by atoms with van der Waals surface area (Å²) in [6.07, 6.45) is 0. The zero-order valence-electron chi connectivity index (χ0n) is 18.0. The lowest BCUT2D eigenvalue weighted by Crippen LogP contribution is -2.24. The van der Waals surface area contributed by atoms with E-state index in [4.69, 9.17) is 9.68 Å². The van der Waals surface area contributed by atoms with Crippen molar-refractivity contribution in [1.82, 2.24) is 0 Å². The topological polar surface area (TPSA) is 95.2 Å². The van der Waals surface area contributed by atoms with Crippen LogP contribution in [0.3, 0.4) is 0 Å². The highest BCUT2D eigenvalue weighted by molar-refractivity contribution is 6.05. The van der Waals surface area contributed by atoms with Crippen LogP contribution >= 0.6 is 0 Å². The molecule has 3 rings (SSSR count). The molecule has 30 heavy (non-hydrogen) atoms. The maximum Gasteiger partial charge on any atom is 0.291 e. The van der Waals surface area contributed by atoms with Gasteiger partial charge >= 0.3 is 0 Å². The van der Waals surface area contributed by atoms with E-state index in [0.717, 1.165) is 5.56 Å². The molecule has 3 aromatic rings. The van der Waals surface area contributed by atoms with Crippen LogP contribution in [0.15, 0.2) is 34.7 Å². The Labute approximate surface area is 176 Å². The number of furan rings is 1. The normalized spacial score (nSPS) is 11.9. The lowest BCUT2D eigenvalue weighted by molar-refractivity contribution is -0.208. The average Bonchev–Trinajstić information content (AvgIpc) is 3.09. The van der Waals surface area contributed by atoms with E-state index in [9.17, 15) is 10.1 Å². The molecule has 0 spiro atoms. The third-order valence-corrected chi connectivity index (χ3v) is 4.80. The zero-order valence-corrected chi connectivity index (χ0v) is 18.0. The summed E-state index contributed by atoms with van der Waals surface area (Å²) in [6, 6.07) is 13.3. The number of amides is 1. The van der Waals surface area contributed by atoms with Gasteiger partial charge in [-0.15, -0.1) is 0 Å². The van der Waals surface area contributed by atoms with Gasteiger partial charge in [0.2, 0.25) is 0 Å². The van der Waals surface area contributed by atoms with Crippen molar-refractivity contribution in [2.24, 2.45) is 0 Å². The highest BCUT2D eigenvalue weighted by Gasteiger charge is 2.29. The lowest BCUT2D eigenvalue weighted by Gasteiger charge is -2.30. The van der Waals surface area contributed by atoms with E-state index in [-0.39, 0.29) is 16.9 Å². The SMILES string of the molecule is CC(C)(C)c1[c]c(O[O])cc(C(C)(C)C)c1NC(=O)c1cc2cc(C#N)ccc2o1. The number of nitrogens with one attached hydrogen (secondary N) is 1. The summed E-state index contributed by atoms with van der Waals surface area (Å²) in [5, 5.41) is 23.8. The number of hydrogen-bond acceptors (Lipinski definition) is 4. The molecule has 1 N–H and O–H groups in total. The van der Waals surface area contributed by atoms with Crippen LogP contribution in [-0.4, -0.2) is 5.91 Å². The molecule has 154 valence electrons. The van der Waals surface area contributed by atoms with Crippen molar-refractivity contribution in [2.75, 3.05) is 5.32 Å². The monoisotopic (exact) mass is 404 g/mol. The quantitative estimate of drug-likeness (QED) is 0.449. The largest absolute Gasteiger partial charge is 0.451 e. The van der Waals surface area contributed by atoms with Crippen LogP contribution in [0.25, 0.3) is 11.0 Å². The number of benzene rings is 2. The van der Waals surface area contributed by atoms with E-state index < -0.39 is 11.3 Å². The summed E-state index contributed by atoms with van der Waals surface area (Å²) in [7, 11) is 0. The van der Waals surface area contributed by atoms with E-state index in [2.05, 4.69) is 22.3 Å². The summed E-state index contributed by atoms with van der Waals surface area (Å²) in [5.74, 6) is -0.218. The van der Waals surface area contributed by atoms with Gasteiger partial charge in [-0.2, -0.15) is 5.26 Å². The molecule has 0 saturated heterocycles. The van der Waals surface area contributed by atoms with Crippen LogP contribution in [0.2, 0.25) is 0 Å². The van der Waals surface area contributed by atoms with Crippen molar-refractivity contribution in [2.45, 2.75) is 52.4 Å². The fraction of sp³-hybridized carbons (Fsp3) is 0.333. The second kappa shape index (κ2) is 7.51. The molecule has 0 saturated carbocycles. The second-order valence-corrected chi connectivity index (χ2v) is 9.31. The highest BCUT2D eigenvalue weighted by Crippen LogP contribution is 2.41. The predicted molar refractivity (Wildman–Crippen MR) is 113 cm³/mol. The molecule has 2 radical (unpaired) electrons. The van der Waals surface area contributed by atoms with Crippen molar-refractivity contribution in [1.29, 1.82) is 5.26 Å². The molecular weight excluding hydrogens is 380 g/mol. The predicted octanol–water partition coefficient (Wildman–Crippen LogP) is 5.68. The Hall–Kier alpha value is -3.30. The van der Waals surface area contributed by atoms with Crippen LogP contribution in [0.4, 0.5) is 5.69 Å². The van der Waals surface area contributed by atoms with Crippen molar-refractivity contribution in [3.63, 3.8) is 0 Å². The fourth-order valence-electron chi connectivity index (χ4n) is 3.29. The van der Waals surface area contributed by atoms with Crippen LogP contribution in [0.1, 0.15) is 68.8 Å². The molecule has 1 heterocycles. The van der Waals surface area contributed by atoms with Gasteiger partial charge in [0, 0.05) is 22.4 Å². The molecule has 1 amide bonds. The van der Waals surface area contributed by atoms with Crippen LogP contribution < -0.4 is 10.2 Å². The van der Waals surface area contributed by atoms with E-state index >= 15 is 0 Å². The molecule has 0 aliphatic carbocycles. The molecule has 0 atom stereocenters.